The molecule has 2 rings (SSSR count). The molecule has 2 aromatic rings. The lowest BCUT2D eigenvalue weighted by molar-refractivity contribution is 0.0373. The molecular formula is C23H27NO4. The molecule has 0 saturated carbocycles. The van der Waals surface area contributed by atoms with E-state index in [0.717, 1.165) is 19.3 Å². The first-order valence-electron chi connectivity index (χ1n) is 9.49. The van der Waals surface area contributed by atoms with Crippen LogP contribution in [0.3, 0.4) is 0 Å². The zero-order valence-electron chi connectivity index (χ0n) is 16.4. The largest absolute Gasteiger partial charge is 0.507 e. The summed E-state index contributed by atoms with van der Waals surface area (Å²) in [5, 5.41) is 13.0. The molecule has 0 heterocycles. The van der Waals surface area contributed by atoms with Gasteiger partial charge in [0.1, 0.15) is 17.4 Å². The van der Waals surface area contributed by atoms with Crippen LogP contribution in [0.5, 0.6) is 5.75 Å². The second-order valence-corrected chi connectivity index (χ2v) is 6.68. The fraction of sp³-hybridized carbons (Fsp3) is 0.304. The van der Waals surface area contributed by atoms with Crippen molar-refractivity contribution in [1.29, 1.82) is 0 Å². The summed E-state index contributed by atoms with van der Waals surface area (Å²) in [7, 11) is 0. The molecule has 2 aromatic carbocycles. The van der Waals surface area contributed by atoms with Crippen LogP contribution in [0.25, 0.3) is 0 Å². The first kappa shape index (κ1) is 21.2. The Morgan fingerprint density at radius 1 is 1.21 bits per heavy atom. The van der Waals surface area contributed by atoms with Gasteiger partial charge in [0.15, 0.2) is 0 Å². The predicted octanol–water partition coefficient (Wildman–Crippen LogP) is 5.24. The molecule has 0 aliphatic rings. The summed E-state index contributed by atoms with van der Waals surface area (Å²) in [6.45, 7) is 7.56. The molecule has 5 nitrogen and oxygen atoms in total. The summed E-state index contributed by atoms with van der Waals surface area (Å²) >= 11 is 0. The molecule has 0 aromatic heterocycles. The molecule has 148 valence electrons. The molecule has 2 N–H and O–H groups in total. The number of aromatic hydroxyl groups is 1. The number of phenolic OH excluding ortho intramolecular Hbond substituents is 1. The highest BCUT2D eigenvalue weighted by Crippen LogP contribution is 2.27. The highest BCUT2D eigenvalue weighted by molar-refractivity contribution is 6.05. The van der Waals surface area contributed by atoms with Gasteiger partial charge in [0.05, 0.1) is 0 Å². The molecule has 0 radical (unpaired) electrons. The van der Waals surface area contributed by atoms with E-state index in [1.165, 1.54) is 12.1 Å². The van der Waals surface area contributed by atoms with Crippen molar-refractivity contribution in [3.05, 3.63) is 71.8 Å². The molecular weight excluding hydrogens is 354 g/mol. The predicted molar refractivity (Wildman–Crippen MR) is 111 cm³/mol. The van der Waals surface area contributed by atoms with Crippen LogP contribution in [0.2, 0.25) is 0 Å². The lowest BCUT2D eigenvalue weighted by atomic mass is 10.1. The van der Waals surface area contributed by atoms with Gasteiger partial charge in [0.25, 0.3) is 5.91 Å². The molecule has 0 spiro atoms. The van der Waals surface area contributed by atoms with Gasteiger partial charge >= 0.3 is 5.97 Å². The molecule has 0 aliphatic carbocycles. The number of aryl methyl sites for hydroxylation is 1. The number of amides is 1. The van der Waals surface area contributed by atoms with E-state index in [2.05, 4.69) is 18.8 Å². The molecule has 1 amide bonds. The van der Waals surface area contributed by atoms with Gasteiger partial charge in [0.2, 0.25) is 0 Å². The van der Waals surface area contributed by atoms with Crippen molar-refractivity contribution in [3.8, 4) is 5.75 Å². The molecule has 0 bridgehead atoms. The number of anilines is 1. The second-order valence-electron chi connectivity index (χ2n) is 6.68. The van der Waals surface area contributed by atoms with Crippen LogP contribution in [0.15, 0.2) is 55.1 Å². The first-order valence-corrected chi connectivity index (χ1v) is 9.49. The Labute approximate surface area is 166 Å². The lowest BCUT2D eigenvalue weighted by Crippen LogP contribution is -2.17. The summed E-state index contributed by atoms with van der Waals surface area (Å²) in [6, 6.07) is 11.7. The van der Waals surface area contributed by atoms with Crippen molar-refractivity contribution < 1.29 is 19.4 Å². The van der Waals surface area contributed by atoms with E-state index in [0.29, 0.717) is 23.2 Å². The quantitative estimate of drug-likeness (QED) is 0.269. The van der Waals surface area contributed by atoms with Gasteiger partial charge in [0, 0.05) is 11.3 Å². The molecule has 0 aliphatic heterocycles. The maximum atomic E-state index is 12.5. The van der Waals surface area contributed by atoms with E-state index in [9.17, 15) is 14.7 Å². The third-order valence-corrected chi connectivity index (χ3v) is 4.46. The SMILES string of the molecule is C=CC(CCCCC)OC(=O)c1cc(NC(=O)c2ccccc2)c(C)cc1O. The average Bonchev–Trinajstić information content (AvgIpc) is 2.69. The minimum atomic E-state index is -0.644. The summed E-state index contributed by atoms with van der Waals surface area (Å²) < 4.78 is 5.47. The van der Waals surface area contributed by atoms with Crippen molar-refractivity contribution >= 4 is 17.6 Å². The van der Waals surface area contributed by atoms with E-state index in [1.54, 1.807) is 37.3 Å². The summed E-state index contributed by atoms with van der Waals surface area (Å²) in [4.78, 5) is 24.9. The highest BCUT2D eigenvalue weighted by Gasteiger charge is 2.19. The lowest BCUT2D eigenvalue weighted by Gasteiger charge is -2.16. The minimum absolute atomic E-state index is 0.0105. The van der Waals surface area contributed by atoms with Gasteiger partial charge in [-0.3, -0.25) is 4.79 Å². The fourth-order valence-corrected chi connectivity index (χ4v) is 2.80. The Bertz CT molecular complexity index is 830. The van der Waals surface area contributed by atoms with E-state index < -0.39 is 12.1 Å². The monoisotopic (exact) mass is 381 g/mol. The van der Waals surface area contributed by atoms with Crippen molar-refractivity contribution in [2.24, 2.45) is 0 Å². The molecule has 1 unspecified atom stereocenters. The van der Waals surface area contributed by atoms with Crippen LogP contribution in [-0.4, -0.2) is 23.1 Å². The number of hydrogen-bond donors (Lipinski definition) is 2. The summed E-state index contributed by atoms with van der Waals surface area (Å²) in [5.74, 6) is -1.12. The number of phenols is 1. The third-order valence-electron chi connectivity index (χ3n) is 4.46. The Morgan fingerprint density at radius 3 is 2.57 bits per heavy atom. The Morgan fingerprint density at radius 2 is 1.93 bits per heavy atom. The van der Waals surface area contributed by atoms with Gasteiger partial charge in [-0.15, -0.1) is 0 Å². The Balaban J connectivity index is 2.16. The standard InChI is InChI=1S/C23H27NO4/c1-4-6-8-13-18(5-2)28-23(27)19-15-20(16(3)14-21(19)25)24-22(26)17-11-9-7-10-12-17/h5,7,9-12,14-15,18,25H,2,4,6,8,13H2,1,3H3,(H,24,26). The van der Waals surface area contributed by atoms with Gasteiger partial charge in [-0.05, 0) is 49.6 Å². The summed E-state index contributed by atoms with van der Waals surface area (Å²) in [6.07, 6.45) is 4.92. The van der Waals surface area contributed by atoms with Crippen LogP contribution >= 0.6 is 0 Å². The van der Waals surface area contributed by atoms with Crippen molar-refractivity contribution in [2.45, 2.75) is 45.6 Å². The number of rotatable bonds is 9. The topological polar surface area (TPSA) is 75.6 Å². The van der Waals surface area contributed by atoms with Gasteiger partial charge in [-0.25, -0.2) is 4.79 Å². The highest BCUT2D eigenvalue weighted by atomic mass is 16.5. The van der Waals surface area contributed by atoms with Crippen LogP contribution in [0.1, 0.15) is 58.9 Å². The van der Waals surface area contributed by atoms with Gasteiger partial charge < -0.3 is 15.2 Å². The van der Waals surface area contributed by atoms with Gasteiger partial charge in [-0.2, -0.15) is 0 Å². The zero-order valence-corrected chi connectivity index (χ0v) is 16.4. The molecule has 0 saturated heterocycles. The van der Waals surface area contributed by atoms with Crippen LogP contribution in [0.4, 0.5) is 5.69 Å². The normalized spacial score (nSPS) is 11.5. The number of ether oxygens (including phenoxy) is 1. The number of benzene rings is 2. The summed E-state index contributed by atoms with van der Waals surface area (Å²) in [5.41, 5.74) is 1.60. The van der Waals surface area contributed by atoms with Crippen LogP contribution < -0.4 is 5.32 Å². The van der Waals surface area contributed by atoms with E-state index in [4.69, 9.17) is 4.74 Å². The van der Waals surface area contributed by atoms with E-state index >= 15 is 0 Å². The fourth-order valence-electron chi connectivity index (χ4n) is 2.80. The Kier molecular flexibility index (Phi) is 7.81. The number of nitrogens with one attached hydrogen (secondary N) is 1. The van der Waals surface area contributed by atoms with Crippen molar-refractivity contribution in [1.82, 2.24) is 0 Å². The Hall–Kier alpha value is -3.08. The van der Waals surface area contributed by atoms with E-state index in [1.807, 2.05) is 6.07 Å². The number of carbonyl (C=O) groups is 2. The maximum Gasteiger partial charge on any atom is 0.342 e. The number of hydrogen-bond acceptors (Lipinski definition) is 4. The molecule has 5 heteroatoms. The van der Waals surface area contributed by atoms with Crippen molar-refractivity contribution in [3.63, 3.8) is 0 Å². The number of carbonyl (C=O) groups excluding carboxylic acids is 2. The zero-order chi connectivity index (χ0) is 20.5. The third kappa shape index (κ3) is 5.71. The second kappa shape index (κ2) is 10.3. The molecule has 28 heavy (non-hydrogen) atoms. The molecule has 0 fully saturated rings. The molecule has 1 atom stereocenters. The number of esters is 1. The van der Waals surface area contributed by atoms with Crippen LogP contribution in [-0.2, 0) is 4.74 Å². The average molecular weight is 381 g/mol. The van der Waals surface area contributed by atoms with E-state index in [-0.39, 0.29) is 17.2 Å². The van der Waals surface area contributed by atoms with Crippen molar-refractivity contribution in [2.75, 3.05) is 5.32 Å². The number of unbranched alkanes of at least 4 members (excludes halogenated alkanes) is 2. The maximum absolute atomic E-state index is 12.5. The first-order chi connectivity index (χ1) is 13.5. The van der Waals surface area contributed by atoms with Gasteiger partial charge in [-0.1, -0.05) is 50.6 Å². The minimum Gasteiger partial charge on any atom is -0.507 e. The smallest absolute Gasteiger partial charge is 0.342 e. The van der Waals surface area contributed by atoms with Crippen LogP contribution in [0, 0.1) is 6.92 Å².